The van der Waals surface area contributed by atoms with Gasteiger partial charge in [-0.3, -0.25) is 9.48 Å². The van der Waals surface area contributed by atoms with Gasteiger partial charge in [0.2, 0.25) is 5.91 Å². The number of methoxy groups -OCH3 is 1. The Bertz CT molecular complexity index is 563. The fraction of sp³-hybridized carbons (Fsp3) is 0.286. The minimum absolute atomic E-state index is 0.105. The molecule has 0 saturated carbocycles. The predicted octanol–water partition coefficient (Wildman–Crippen LogP) is 2.09. The van der Waals surface area contributed by atoms with Gasteiger partial charge in [0, 0.05) is 5.69 Å². The van der Waals surface area contributed by atoms with Gasteiger partial charge in [-0.1, -0.05) is 25.1 Å². The van der Waals surface area contributed by atoms with Crippen LogP contribution in [0, 0.1) is 0 Å². The van der Waals surface area contributed by atoms with E-state index < -0.39 is 0 Å². The molecule has 19 heavy (non-hydrogen) atoms. The van der Waals surface area contributed by atoms with Crippen LogP contribution >= 0.6 is 0 Å². The number of benzene rings is 1. The van der Waals surface area contributed by atoms with Gasteiger partial charge in [0.1, 0.15) is 6.54 Å². The third-order valence-corrected chi connectivity index (χ3v) is 2.82. The second-order valence-electron chi connectivity index (χ2n) is 4.14. The van der Waals surface area contributed by atoms with E-state index >= 15 is 0 Å². The lowest BCUT2D eigenvalue weighted by molar-refractivity contribution is -0.116. The van der Waals surface area contributed by atoms with Gasteiger partial charge >= 0.3 is 0 Å². The van der Waals surface area contributed by atoms with Crippen LogP contribution in [0.3, 0.4) is 0 Å². The molecular formula is C14H17N3O2. The summed E-state index contributed by atoms with van der Waals surface area (Å²) in [5, 5.41) is 6.94. The summed E-state index contributed by atoms with van der Waals surface area (Å²) in [6.07, 6.45) is 4.14. The average molecular weight is 259 g/mol. The fourth-order valence-corrected chi connectivity index (χ4v) is 1.82. The molecule has 5 nitrogen and oxygen atoms in total. The van der Waals surface area contributed by atoms with E-state index in [0.717, 1.165) is 17.7 Å². The van der Waals surface area contributed by atoms with Crippen molar-refractivity contribution in [3.05, 3.63) is 42.2 Å². The molecular weight excluding hydrogens is 242 g/mol. The summed E-state index contributed by atoms with van der Waals surface area (Å²) < 4.78 is 6.56. The Morgan fingerprint density at radius 3 is 2.89 bits per heavy atom. The molecule has 0 spiro atoms. The number of amides is 1. The maximum atomic E-state index is 11.9. The maximum Gasteiger partial charge on any atom is 0.246 e. The van der Waals surface area contributed by atoms with E-state index in [-0.39, 0.29) is 12.5 Å². The fourth-order valence-electron chi connectivity index (χ4n) is 1.82. The molecule has 0 aliphatic heterocycles. The number of rotatable bonds is 5. The van der Waals surface area contributed by atoms with Crippen molar-refractivity contribution < 1.29 is 9.53 Å². The van der Waals surface area contributed by atoms with E-state index in [2.05, 4.69) is 17.3 Å². The van der Waals surface area contributed by atoms with Gasteiger partial charge in [0.05, 0.1) is 19.5 Å². The lowest BCUT2D eigenvalue weighted by Crippen LogP contribution is -2.19. The average Bonchev–Trinajstić information content (AvgIpc) is 2.87. The third kappa shape index (κ3) is 3.34. The van der Waals surface area contributed by atoms with Gasteiger partial charge in [-0.2, -0.15) is 5.10 Å². The normalized spacial score (nSPS) is 10.2. The van der Waals surface area contributed by atoms with Gasteiger partial charge in [-0.05, 0) is 18.1 Å². The van der Waals surface area contributed by atoms with Crippen LogP contribution in [0.2, 0.25) is 0 Å². The third-order valence-electron chi connectivity index (χ3n) is 2.82. The summed E-state index contributed by atoms with van der Waals surface area (Å²) >= 11 is 0. The molecule has 0 saturated heterocycles. The highest BCUT2D eigenvalue weighted by molar-refractivity contribution is 5.91. The number of carbonyl (C=O) groups excluding carboxylic acids is 1. The summed E-state index contributed by atoms with van der Waals surface area (Å²) in [5.74, 6) is 0.536. The van der Waals surface area contributed by atoms with Gasteiger partial charge in [-0.25, -0.2) is 0 Å². The number of anilines is 1. The molecule has 1 heterocycles. The number of hydrogen-bond donors (Lipinski definition) is 1. The van der Waals surface area contributed by atoms with Crippen molar-refractivity contribution in [3.8, 4) is 5.75 Å². The van der Waals surface area contributed by atoms with Crippen LogP contribution in [0.25, 0.3) is 0 Å². The zero-order chi connectivity index (χ0) is 13.7. The Balaban J connectivity index is 2.01. The summed E-state index contributed by atoms with van der Waals surface area (Å²) in [6, 6.07) is 7.78. The molecule has 1 aromatic heterocycles. The molecule has 2 aromatic rings. The quantitative estimate of drug-likeness (QED) is 0.894. The summed E-state index contributed by atoms with van der Waals surface area (Å²) in [4.78, 5) is 11.9. The molecule has 0 unspecified atom stereocenters. The van der Waals surface area contributed by atoms with Crippen molar-refractivity contribution in [3.63, 3.8) is 0 Å². The second-order valence-corrected chi connectivity index (χ2v) is 4.14. The Morgan fingerprint density at radius 2 is 2.21 bits per heavy atom. The lowest BCUT2D eigenvalue weighted by atomic mass is 10.1. The maximum absolute atomic E-state index is 11.9. The van der Waals surface area contributed by atoms with E-state index in [0.29, 0.717) is 5.75 Å². The van der Waals surface area contributed by atoms with E-state index in [1.54, 1.807) is 24.2 Å². The monoisotopic (exact) mass is 259 g/mol. The molecule has 5 heteroatoms. The zero-order valence-electron chi connectivity index (χ0n) is 11.1. The number of ether oxygens (including phenoxy) is 1. The number of carbonyl (C=O) groups is 1. The number of hydrogen-bond acceptors (Lipinski definition) is 3. The minimum Gasteiger partial charge on any atom is -0.493 e. The molecule has 2 rings (SSSR count). The molecule has 0 fully saturated rings. The van der Waals surface area contributed by atoms with Crippen molar-refractivity contribution in [2.24, 2.45) is 0 Å². The zero-order valence-corrected chi connectivity index (χ0v) is 11.1. The van der Waals surface area contributed by atoms with Crippen molar-refractivity contribution in [1.29, 1.82) is 0 Å². The summed E-state index contributed by atoms with van der Waals surface area (Å²) in [5.41, 5.74) is 1.98. The summed E-state index contributed by atoms with van der Waals surface area (Å²) in [6.45, 7) is 2.23. The van der Waals surface area contributed by atoms with Crippen molar-refractivity contribution in [1.82, 2.24) is 9.78 Å². The Morgan fingerprint density at radius 1 is 1.42 bits per heavy atom. The van der Waals surface area contributed by atoms with Crippen LogP contribution in [0.15, 0.2) is 36.7 Å². The Labute approximate surface area is 112 Å². The number of nitrogens with one attached hydrogen (secondary N) is 1. The second kappa shape index (κ2) is 6.04. The Kier molecular flexibility index (Phi) is 4.18. The molecule has 0 atom stereocenters. The first-order chi connectivity index (χ1) is 9.22. The van der Waals surface area contributed by atoms with Gasteiger partial charge in [0.25, 0.3) is 0 Å². The van der Waals surface area contributed by atoms with Crippen LogP contribution in [0.1, 0.15) is 12.5 Å². The molecule has 100 valence electrons. The van der Waals surface area contributed by atoms with Crippen LogP contribution in [0.4, 0.5) is 5.69 Å². The van der Waals surface area contributed by atoms with Crippen LogP contribution in [-0.4, -0.2) is 22.8 Å². The first-order valence-corrected chi connectivity index (χ1v) is 6.17. The molecule has 0 aliphatic rings. The van der Waals surface area contributed by atoms with E-state index in [9.17, 15) is 4.79 Å². The highest BCUT2D eigenvalue weighted by atomic mass is 16.5. The van der Waals surface area contributed by atoms with E-state index in [4.69, 9.17) is 4.74 Å². The highest BCUT2D eigenvalue weighted by Crippen LogP contribution is 2.15. The molecule has 1 N–H and O–H groups in total. The number of aryl methyl sites for hydroxylation is 1. The van der Waals surface area contributed by atoms with Crippen LogP contribution in [0.5, 0.6) is 5.75 Å². The number of aromatic nitrogens is 2. The topological polar surface area (TPSA) is 56.2 Å². The SMILES string of the molecule is CCc1ccccc1NC(=O)Cn1cc(OC)cn1. The first kappa shape index (κ1) is 13.1. The van der Waals surface area contributed by atoms with Crippen molar-refractivity contribution >= 4 is 11.6 Å². The molecule has 0 bridgehead atoms. The lowest BCUT2D eigenvalue weighted by Gasteiger charge is -2.09. The van der Waals surface area contributed by atoms with Crippen molar-refractivity contribution in [2.75, 3.05) is 12.4 Å². The first-order valence-electron chi connectivity index (χ1n) is 6.17. The minimum atomic E-state index is -0.105. The molecule has 1 aromatic carbocycles. The molecule has 0 radical (unpaired) electrons. The Hall–Kier alpha value is -2.30. The molecule has 1 amide bonds. The predicted molar refractivity (Wildman–Crippen MR) is 73.2 cm³/mol. The number of para-hydroxylation sites is 1. The van der Waals surface area contributed by atoms with Crippen LogP contribution < -0.4 is 10.1 Å². The van der Waals surface area contributed by atoms with Crippen LogP contribution in [-0.2, 0) is 17.8 Å². The van der Waals surface area contributed by atoms with Crippen molar-refractivity contribution in [2.45, 2.75) is 19.9 Å². The smallest absolute Gasteiger partial charge is 0.246 e. The van der Waals surface area contributed by atoms with E-state index in [1.165, 1.54) is 0 Å². The summed E-state index contributed by atoms with van der Waals surface area (Å²) in [7, 11) is 1.57. The van der Waals surface area contributed by atoms with E-state index in [1.807, 2.05) is 24.3 Å². The molecule has 0 aliphatic carbocycles. The number of nitrogens with zero attached hydrogens (tertiary/aromatic N) is 2. The largest absolute Gasteiger partial charge is 0.493 e. The van der Waals surface area contributed by atoms with Gasteiger partial charge in [-0.15, -0.1) is 0 Å². The van der Waals surface area contributed by atoms with Gasteiger partial charge < -0.3 is 10.1 Å². The highest BCUT2D eigenvalue weighted by Gasteiger charge is 2.07. The standard InChI is InChI=1S/C14H17N3O2/c1-3-11-6-4-5-7-13(11)16-14(18)10-17-9-12(19-2)8-15-17/h4-9H,3,10H2,1-2H3,(H,16,18). The van der Waals surface area contributed by atoms with Gasteiger partial charge in [0.15, 0.2) is 5.75 Å².